The number of hydrogen-bond acceptors (Lipinski definition) is 3. The second-order valence-corrected chi connectivity index (χ2v) is 5.11. The molecule has 0 fully saturated rings. The molecule has 1 aromatic heterocycles. The van der Waals surface area contributed by atoms with Gasteiger partial charge in [-0.05, 0) is 12.5 Å². The number of carbonyl (C=O) groups is 1. The highest BCUT2D eigenvalue weighted by molar-refractivity contribution is 5.93. The fraction of sp³-hybridized carbons (Fsp3) is 0.312. The van der Waals surface area contributed by atoms with Gasteiger partial charge in [0.25, 0.3) is 11.5 Å². The Morgan fingerprint density at radius 3 is 2.36 bits per heavy atom. The molecule has 1 aromatic carbocycles. The summed E-state index contributed by atoms with van der Waals surface area (Å²) >= 11 is 0. The summed E-state index contributed by atoms with van der Waals surface area (Å²) in [5, 5.41) is 0. The van der Waals surface area contributed by atoms with E-state index in [-0.39, 0.29) is 11.5 Å². The largest absolute Gasteiger partial charge is 0.334 e. The minimum atomic E-state index is -0.570. The summed E-state index contributed by atoms with van der Waals surface area (Å²) in [5.41, 5.74) is -0.0333. The Balaban J connectivity index is 2.38. The van der Waals surface area contributed by atoms with E-state index in [0.29, 0.717) is 13.1 Å². The van der Waals surface area contributed by atoms with Crippen molar-refractivity contribution in [1.29, 1.82) is 0 Å². The number of benzene rings is 1. The minimum absolute atomic E-state index is 0.00220. The molecular formula is C16H19N3O3. The van der Waals surface area contributed by atoms with Crippen LogP contribution in [0.25, 0.3) is 0 Å². The first-order chi connectivity index (χ1) is 10.5. The fourth-order valence-electron chi connectivity index (χ4n) is 2.26. The monoisotopic (exact) mass is 301 g/mol. The smallest absolute Gasteiger partial charge is 0.330 e. The molecule has 0 radical (unpaired) electrons. The zero-order valence-electron chi connectivity index (χ0n) is 12.9. The standard InChI is InChI=1S/C16H19N3O3/c1-4-19(10-12-8-6-5-7-9-12)15(21)13-11-17(2)16(22)18(3)14(13)20/h5-9,11H,4,10H2,1-3H3. The van der Waals surface area contributed by atoms with Gasteiger partial charge in [0.1, 0.15) is 5.56 Å². The average molecular weight is 301 g/mol. The Bertz CT molecular complexity index is 791. The third-order valence-corrected chi connectivity index (χ3v) is 3.56. The Hall–Kier alpha value is -2.63. The van der Waals surface area contributed by atoms with Gasteiger partial charge in [0.05, 0.1) is 0 Å². The van der Waals surface area contributed by atoms with Gasteiger partial charge in [0.2, 0.25) is 0 Å². The van der Waals surface area contributed by atoms with E-state index in [9.17, 15) is 14.4 Å². The van der Waals surface area contributed by atoms with E-state index >= 15 is 0 Å². The van der Waals surface area contributed by atoms with Crippen molar-refractivity contribution in [2.75, 3.05) is 6.54 Å². The molecule has 2 rings (SSSR count). The van der Waals surface area contributed by atoms with Crippen molar-refractivity contribution in [3.05, 3.63) is 68.5 Å². The zero-order valence-corrected chi connectivity index (χ0v) is 12.9. The second-order valence-electron chi connectivity index (χ2n) is 5.11. The van der Waals surface area contributed by atoms with E-state index < -0.39 is 11.2 Å². The molecule has 0 saturated heterocycles. The van der Waals surface area contributed by atoms with Gasteiger partial charge in [-0.2, -0.15) is 0 Å². The van der Waals surface area contributed by atoms with Crippen molar-refractivity contribution < 1.29 is 4.79 Å². The van der Waals surface area contributed by atoms with Gasteiger partial charge in [0.15, 0.2) is 0 Å². The van der Waals surface area contributed by atoms with Gasteiger partial charge in [-0.25, -0.2) is 4.79 Å². The second kappa shape index (κ2) is 6.43. The molecule has 0 atom stereocenters. The van der Waals surface area contributed by atoms with Gasteiger partial charge in [-0.1, -0.05) is 30.3 Å². The van der Waals surface area contributed by atoms with Crippen molar-refractivity contribution in [3.63, 3.8) is 0 Å². The number of carbonyl (C=O) groups excluding carboxylic acids is 1. The van der Waals surface area contributed by atoms with Crippen LogP contribution in [0.2, 0.25) is 0 Å². The highest BCUT2D eigenvalue weighted by Gasteiger charge is 2.20. The summed E-state index contributed by atoms with van der Waals surface area (Å²) in [6, 6.07) is 9.56. The van der Waals surface area contributed by atoms with Crippen LogP contribution in [-0.4, -0.2) is 26.5 Å². The molecule has 0 spiro atoms. The molecule has 1 heterocycles. The fourth-order valence-corrected chi connectivity index (χ4v) is 2.26. The van der Waals surface area contributed by atoms with Crippen LogP contribution in [0.3, 0.4) is 0 Å². The van der Waals surface area contributed by atoms with Crippen molar-refractivity contribution in [2.45, 2.75) is 13.5 Å². The van der Waals surface area contributed by atoms with E-state index in [1.54, 1.807) is 4.90 Å². The van der Waals surface area contributed by atoms with Crippen molar-refractivity contribution in [3.8, 4) is 0 Å². The third kappa shape index (κ3) is 3.00. The predicted molar refractivity (Wildman–Crippen MR) is 83.8 cm³/mol. The molecule has 0 N–H and O–H groups in total. The lowest BCUT2D eigenvalue weighted by Gasteiger charge is -2.21. The Kier molecular flexibility index (Phi) is 4.60. The highest BCUT2D eigenvalue weighted by Crippen LogP contribution is 2.07. The summed E-state index contributed by atoms with van der Waals surface area (Å²) < 4.78 is 2.19. The number of rotatable bonds is 4. The van der Waals surface area contributed by atoms with Gasteiger partial charge in [-0.3, -0.25) is 14.2 Å². The molecule has 116 valence electrons. The number of aryl methyl sites for hydroxylation is 1. The van der Waals surface area contributed by atoms with Crippen LogP contribution in [0.15, 0.2) is 46.1 Å². The number of hydrogen-bond donors (Lipinski definition) is 0. The molecular weight excluding hydrogens is 282 g/mol. The maximum Gasteiger partial charge on any atom is 0.330 e. The molecule has 6 nitrogen and oxygen atoms in total. The van der Waals surface area contributed by atoms with Gasteiger partial charge < -0.3 is 9.47 Å². The maximum absolute atomic E-state index is 12.6. The number of nitrogens with zero attached hydrogens (tertiary/aromatic N) is 3. The normalized spacial score (nSPS) is 10.5. The molecule has 22 heavy (non-hydrogen) atoms. The van der Waals surface area contributed by atoms with E-state index in [0.717, 1.165) is 10.1 Å². The molecule has 0 saturated carbocycles. The van der Waals surface area contributed by atoms with Crippen LogP contribution < -0.4 is 11.2 Å². The summed E-state index contributed by atoms with van der Waals surface area (Å²) in [7, 11) is 2.89. The third-order valence-electron chi connectivity index (χ3n) is 3.56. The average Bonchev–Trinajstić information content (AvgIpc) is 2.54. The topological polar surface area (TPSA) is 64.3 Å². The number of amides is 1. The summed E-state index contributed by atoms with van der Waals surface area (Å²) in [6.45, 7) is 2.75. The molecule has 0 bridgehead atoms. The van der Waals surface area contributed by atoms with E-state index in [1.165, 1.54) is 24.9 Å². The first kappa shape index (κ1) is 15.8. The Morgan fingerprint density at radius 2 is 1.77 bits per heavy atom. The van der Waals surface area contributed by atoms with Crippen molar-refractivity contribution in [1.82, 2.24) is 14.0 Å². The lowest BCUT2D eigenvalue weighted by molar-refractivity contribution is 0.0749. The lowest BCUT2D eigenvalue weighted by atomic mass is 10.2. The molecule has 6 heteroatoms. The van der Waals surface area contributed by atoms with E-state index in [4.69, 9.17) is 0 Å². The maximum atomic E-state index is 12.6. The lowest BCUT2D eigenvalue weighted by Crippen LogP contribution is -2.43. The first-order valence-corrected chi connectivity index (χ1v) is 7.05. The van der Waals surface area contributed by atoms with Gasteiger partial charge >= 0.3 is 5.69 Å². The SMILES string of the molecule is CCN(Cc1ccccc1)C(=O)c1cn(C)c(=O)n(C)c1=O. The quantitative estimate of drug-likeness (QED) is 0.837. The van der Waals surface area contributed by atoms with E-state index in [1.807, 2.05) is 37.3 Å². The van der Waals surface area contributed by atoms with Crippen LogP contribution in [-0.2, 0) is 20.6 Å². The molecule has 0 aliphatic heterocycles. The van der Waals surface area contributed by atoms with Crippen LogP contribution in [0, 0.1) is 0 Å². The summed E-state index contributed by atoms with van der Waals surface area (Å²) in [5.74, 6) is -0.373. The van der Waals surface area contributed by atoms with Gasteiger partial charge in [0, 0.05) is 33.4 Å². The van der Waals surface area contributed by atoms with Crippen LogP contribution in [0.5, 0.6) is 0 Å². The van der Waals surface area contributed by atoms with E-state index in [2.05, 4.69) is 0 Å². The minimum Gasteiger partial charge on any atom is -0.334 e. The molecule has 1 amide bonds. The molecule has 2 aromatic rings. The Labute approximate surface area is 128 Å². The predicted octanol–water partition coefficient (Wildman–Crippen LogP) is 0.746. The zero-order chi connectivity index (χ0) is 16.3. The molecule has 0 unspecified atom stereocenters. The number of aromatic nitrogens is 2. The summed E-state index contributed by atoms with van der Waals surface area (Å²) in [4.78, 5) is 38.0. The highest BCUT2D eigenvalue weighted by atomic mass is 16.2. The molecule has 0 aliphatic carbocycles. The van der Waals surface area contributed by atoms with Gasteiger partial charge in [-0.15, -0.1) is 0 Å². The van der Waals surface area contributed by atoms with Crippen LogP contribution in [0.1, 0.15) is 22.8 Å². The Morgan fingerprint density at radius 1 is 1.14 bits per heavy atom. The van der Waals surface area contributed by atoms with Crippen molar-refractivity contribution >= 4 is 5.91 Å². The summed E-state index contributed by atoms with van der Waals surface area (Å²) in [6.07, 6.45) is 1.31. The molecule has 0 aliphatic rings. The van der Waals surface area contributed by atoms with Crippen molar-refractivity contribution in [2.24, 2.45) is 14.1 Å². The first-order valence-electron chi connectivity index (χ1n) is 7.05. The van der Waals surface area contributed by atoms with Crippen LogP contribution >= 0.6 is 0 Å². The van der Waals surface area contributed by atoms with Crippen LogP contribution in [0.4, 0.5) is 0 Å².